The van der Waals surface area contributed by atoms with Gasteiger partial charge in [0.1, 0.15) is 6.61 Å². The monoisotopic (exact) mass is 264 g/mol. The molecule has 14 heavy (non-hydrogen) atoms. The van der Waals surface area contributed by atoms with Crippen LogP contribution in [0.25, 0.3) is 0 Å². The zero-order chi connectivity index (χ0) is 10.8. The number of esters is 1. The van der Waals surface area contributed by atoms with Gasteiger partial charge >= 0.3 is 5.97 Å². The fourth-order valence-electron chi connectivity index (χ4n) is 0.841. The summed E-state index contributed by atoms with van der Waals surface area (Å²) in [5, 5.41) is 9.57. The molecule has 0 saturated carbocycles. The Kier molecular flexibility index (Phi) is 8.98. The Morgan fingerprint density at radius 1 is 1.36 bits per heavy atom. The highest BCUT2D eigenvalue weighted by atomic mass is 79.9. The second-order valence-corrected chi connectivity index (χ2v) is 3.86. The number of aliphatic hydroxyl groups is 1. The first-order chi connectivity index (χ1) is 6.70. The van der Waals surface area contributed by atoms with E-state index in [1.165, 1.54) is 0 Å². The molecule has 0 atom stereocenters. The van der Waals surface area contributed by atoms with Crippen LogP contribution in [0.4, 0.5) is 0 Å². The number of halogens is 1. The third kappa shape index (κ3) is 8.26. The number of alkyl halides is 1. The van der Waals surface area contributed by atoms with Crippen LogP contribution in [0.5, 0.6) is 0 Å². The zero-order valence-corrected chi connectivity index (χ0v) is 9.88. The number of ether oxygens (including phenoxy) is 1. The van der Waals surface area contributed by atoms with E-state index >= 15 is 0 Å². The molecule has 0 aromatic carbocycles. The van der Waals surface area contributed by atoms with E-state index in [1.807, 2.05) is 0 Å². The summed E-state index contributed by atoms with van der Waals surface area (Å²) in [6.07, 6.45) is 3.42. The fraction of sp³-hybridized carbons (Fsp3) is 0.700. The quantitative estimate of drug-likeness (QED) is 0.316. The predicted molar refractivity (Wildman–Crippen MR) is 59.4 cm³/mol. The van der Waals surface area contributed by atoms with Crippen molar-refractivity contribution in [2.75, 3.05) is 18.5 Å². The number of rotatable bonds is 8. The van der Waals surface area contributed by atoms with Gasteiger partial charge in [-0.05, 0) is 18.4 Å². The molecule has 0 aliphatic rings. The molecule has 0 spiro atoms. The van der Waals surface area contributed by atoms with Crippen molar-refractivity contribution in [3.63, 3.8) is 0 Å². The average molecular weight is 265 g/mol. The summed E-state index contributed by atoms with van der Waals surface area (Å²) in [6, 6.07) is 0. The fourth-order valence-corrected chi connectivity index (χ4v) is 1.24. The van der Waals surface area contributed by atoms with Crippen LogP contribution in [0, 0.1) is 0 Å². The molecule has 0 heterocycles. The van der Waals surface area contributed by atoms with E-state index in [0.29, 0.717) is 12.0 Å². The number of carbonyl (C=O) groups is 1. The first-order valence-corrected chi connectivity index (χ1v) is 5.82. The molecule has 0 aromatic rings. The van der Waals surface area contributed by atoms with E-state index in [-0.39, 0.29) is 19.2 Å². The Labute approximate surface area is 93.3 Å². The molecule has 1 N–H and O–H groups in total. The van der Waals surface area contributed by atoms with Gasteiger partial charge in [-0.1, -0.05) is 28.9 Å². The lowest BCUT2D eigenvalue weighted by molar-refractivity contribution is -0.142. The van der Waals surface area contributed by atoms with Gasteiger partial charge in [0.25, 0.3) is 0 Å². The number of unbranched alkanes of at least 4 members (excludes halogenated alkanes) is 2. The minimum absolute atomic E-state index is 0.128. The lowest BCUT2D eigenvalue weighted by Crippen LogP contribution is -2.08. The standard InChI is InChI=1S/C10H17BrO3/c1-9(7-12)8-14-10(13)5-3-2-4-6-11/h12H,1-8H2. The molecule has 0 rings (SSSR count). The molecular formula is C10H17BrO3. The minimum atomic E-state index is -0.214. The molecule has 0 amide bonds. The number of hydrogen-bond acceptors (Lipinski definition) is 3. The third-order valence-corrected chi connectivity index (χ3v) is 2.24. The maximum Gasteiger partial charge on any atom is 0.306 e. The van der Waals surface area contributed by atoms with Crippen molar-refractivity contribution in [3.8, 4) is 0 Å². The Bertz CT molecular complexity index is 180. The maximum atomic E-state index is 11.1. The summed E-state index contributed by atoms with van der Waals surface area (Å²) < 4.78 is 4.86. The Balaban J connectivity index is 3.32. The van der Waals surface area contributed by atoms with Gasteiger partial charge in [-0.3, -0.25) is 4.79 Å². The highest BCUT2D eigenvalue weighted by molar-refractivity contribution is 9.09. The molecule has 3 nitrogen and oxygen atoms in total. The van der Waals surface area contributed by atoms with Gasteiger partial charge in [-0.25, -0.2) is 0 Å². The number of aliphatic hydroxyl groups excluding tert-OH is 1. The van der Waals surface area contributed by atoms with E-state index in [1.54, 1.807) is 0 Å². The van der Waals surface area contributed by atoms with Gasteiger partial charge in [0.15, 0.2) is 0 Å². The average Bonchev–Trinajstić information content (AvgIpc) is 2.21. The van der Waals surface area contributed by atoms with Gasteiger partial charge < -0.3 is 9.84 Å². The van der Waals surface area contributed by atoms with Crippen molar-refractivity contribution < 1.29 is 14.6 Å². The van der Waals surface area contributed by atoms with Gasteiger partial charge in [-0.2, -0.15) is 0 Å². The van der Waals surface area contributed by atoms with Crippen LogP contribution in [0.3, 0.4) is 0 Å². The van der Waals surface area contributed by atoms with Crippen LogP contribution in [-0.2, 0) is 9.53 Å². The smallest absolute Gasteiger partial charge is 0.306 e. The van der Waals surface area contributed by atoms with Crippen LogP contribution in [-0.4, -0.2) is 29.6 Å². The molecule has 4 heteroatoms. The van der Waals surface area contributed by atoms with Gasteiger partial charge in [0.05, 0.1) is 6.61 Å². The van der Waals surface area contributed by atoms with Crippen molar-refractivity contribution in [2.45, 2.75) is 25.7 Å². The lowest BCUT2D eigenvalue weighted by atomic mass is 10.2. The second kappa shape index (κ2) is 9.21. The molecule has 0 aliphatic carbocycles. The van der Waals surface area contributed by atoms with Crippen molar-refractivity contribution in [1.29, 1.82) is 0 Å². The summed E-state index contributed by atoms with van der Waals surface area (Å²) in [7, 11) is 0. The number of carbonyl (C=O) groups excluding carboxylic acids is 1. The molecule has 82 valence electrons. The molecular weight excluding hydrogens is 248 g/mol. The highest BCUT2D eigenvalue weighted by Gasteiger charge is 2.02. The molecule has 0 unspecified atom stereocenters. The summed E-state index contributed by atoms with van der Waals surface area (Å²) in [5.74, 6) is -0.214. The van der Waals surface area contributed by atoms with Crippen molar-refractivity contribution in [1.82, 2.24) is 0 Å². The summed E-state index contributed by atoms with van der Waals surface area (Å²) in [4.78, 5) is 11.1. The van der Waals surface area contributed by atoms with E-state index in [0.717, 1.165) is 24.6 Å². The first-order valence-electron chi connectivity index (χ1n) is 4.69. The van der Waals surface area contributed by atoms with E-state index in [9.17, 15) is 4.79 Å². The largest absolute Gasteiger partial charge is 0.461 e. The predicted octanol–water partition coefficient (Wildman–Crippen LogP) is 2.03. The van der Waals surface area contributed by atoms with Crippen LogP contribution in [0.1, 0.15) is 25.7 Å². The molecule has 0 fully saturated rings. The Morgan fingerprint density at radius 3 is 2.64 bits per heavy atom. The van der Waals surface area contributed by atoms with E-state index < -0.39 is 0 Å². The third-order valence-electron chi connectivity index (χ3n) is 1.68. The Morgan fingerprint density at radius 2 is 2.07 bits per heavy atom. The van der Waals surface area contributed by atoms with Crippen molar-refractivity contribution in [2.24, 2.45) is 0 Å². The normalized spacial score (nSPS) is 9.86. The minimum Gasteiger partial charge on any atom is -0.461 e. The first kappa shape index (κ1) is 13.7. The summed E-state index contributed by atoms with van der Waals surface area (Å²) in [6.45, 7) is 3.53. The molecule has 0 bridgehead atoms. The molecule has 0 radical (unpaired) electrons. The second-order valence-electron chi connectivity index (χ2n) is 3.07. The van der Waals surface area contributed by atoms with E-state index in [2.05, 4.69) is 22.5 Å². The lowest BCUT2D eigenvalue weighted by Gasteiger charge is -2.04. The zero-order valence-electron chi connectivity index (χ0n) is 8.30. The highest BCUT2D eigenvalue weighted by Crippen LogP contribution is 2.03. The van der Waals surface area contributed by atoms with Crippen molar-refractivity contribution in [3.05, 3.63) is 12.2 Å². The number of hydrogen-bond donors (Lipinski definition) is 1. The molecule has 0 aliphatic heterocycles. The summed E-state index contributed by atoms with van der Waals surface area (Å²) >= 11 is 3.32. The topological polar surface area (TPSA) is 46.5 Å². The van der Waals surface area contributed by atoms with Crippen LogP contribution < -0.4 is 0 Å². The van der Waals surface area contributed by atoms with Gasteiger partial charge in [0, 0.05) is 11.8 Å². The van der Waals surface area contributed by atoms with E-state index in [4.69, 9.17) is 9.84 Å². The molecule has 0 aromatic heterocycles. The molecule has 0 saturated heterocycles. The Hall–Kier alpha value is -0.350. The summed E-state index contributed by atoms with van der Waals surface area (Å²) in [5.41, 5.74) is 0.527. The van der Waals surface area contributed by atoms with Crippen LogP contribution >= 0.6 is 15.9 Å². The van der Waals surface area contributed by atoms with Gasteiger partial charge in [0.2, 0.25) is 0 Å². The van der Waals surface area contributed by atoms with Crippen LogP contribution in [0.2, 0.25) is 0 Å². The van der Waals surface area contributed by atoms with Gasteiger partial charge in [-0.15, -0.1) is 0 Å². The van der Waals surface area contributed by atoms with Crippen molar-refractivity contribution >= 4 is 21.9 Å². The SMILES string of the molecule is C=C(CO)COC(=O)CCCCCBr. The van der Waals surface area contributed by atoms with Crippen LogP contribution in [0.15, 0.2) is 12.2 Å². The maximum absolute atomic E-state index is 11.1.